The smallest absolute Gasteiger partial charge is 0.414 e. The highest BCUT2D eigenvalue weighted by molar-refractivity contribution is 8.47. The Labute approximate surface area is 110 Å². The van der Waals surface area contributed by atoms with Crippen molar-refractivity contribution < 1.29 is 4.65 Å². The van der Waals surface area contributed by atoms with Crippen LogP contribution in [0.2, 0.25) is 0 Å². The van der Waals surface area contributed by atoms with Crippen molar-refractivity contribution in [1.29, 1.82) is 0 Å². The first-order chi connectivity index (χ1) is 7.84. The molecule has 2 aliphatic carbocycles. The predicted octanol–water partition coefficient (Wildman–Crippen LogP) is 4.32. The molecule has 0 aliphatic heterocycles. The molecule has 4 heteroatoms. The monoisotopic (exact) mass is 258 g/mol. The van der Waals surface area contributed by atoms with Crippen LogP contribution in [-0.2, 0) is 4.65 Å². The molecule has 2 aliphatic rings. The Hall–Kier alpha value is 0.725. The van der Waals surface area contributed by atoms with Gasteiger partial charge in [-0.25, -0.2) is 0 Å². The molecule has 0 heterocycles. The summed E-state index contributed by atoms with van der Waals surface area (Å²) in [5, 5.41) is 0.805. The van der Waals surface area contributed by atoms with E-state index in [9.17, 15) is 0 Å². The Morgan fingerprint density at radius 3 is 2.06 bits per heavy atom. The average molecular weight is 258 g/mol. The second-order valence-electron chi connectivity index (χ2n) is 5.10. The van der Waals surface area contributed by atoms with Crippen molar-refractivity contribution in [3.8, 4) is 0 Å². The van der Waals surface area contributed by atoms with Gasteiger partial charge in [0, 0.05) is 6.10 Å². The number of hydrogen-bond donors (Lipinski definition) is 1. The molecular formula is C12H23BOS2. The highest BCUT2D eigenvalue weighted by atomic mass is 32.2. The van der Waals surface area contributed by atoms with E-state index in [0.29, 0.717) is 6.10 Å². The lowest BCUT2D eigenvalue weighted by Gasteiger charge is -2.27. The summed E-state index contributed by atoms with van der Waals surface area (Å²) in [7, 11) is 0. The highest BCUT2D eigenvalue weighted by Crippen LogP contribution is 2.32. The topological polar surface area (TPSA) is 9.23 Å². The van der Waals surface area contributed by atoms with Crippen molar-refractivity contribution in [1.82, 2.24) is 0 Å². The molecule has 0 radical (unpaired) electrons. The number of thiol groups is 1. The van der Waals surface area contributed by atoms with Crippen LogP contribution in [0.5, 0.6) is 0 Å². The fourth-order valence-electron chi connectivity index (χ4n) is 2.76. The lowest BCUT2D eigenvalue weighted by molar-refractivity contribution is 0.165. The van der Waals surface area contributed by atoms with E-state index in [4.69, 9.17) is 4.65 Å². The Morgan fingerprint density at radius 1 is 0.875 bits per heavy atom. The summed E-state index contributed by atoms with van der Waals surface area (Å²) >= 11 is 6.55. The zero-order chi connectivity index (χ0) is 11.2. The van der Waals surface area contributed by atoms with E-state index >= 15 is 0 Å². The van der Waals surface area contributed by atoms with Gasteiger partial charge < -0.3 is 4.65 Å². The van der Waals surface area contributed by atoms with Crippen LogP contribution in [0.15, 0.2) is 0 Å². The third-order valence-corrected chi connectivity index (χ3v) is 5.41. The lowest BCUT2D eigenvalue weighted by Crippen LogP contribution is -2.24. The van der Waals surface area contributed by atoms with E-state index in [1.807, 2.05) is 11.6 Å². The first-order valence-electron chi connectivity index (χ1n) is 6.83. The molecule has 0 N–H and O–H groups in total. The molecule has 0 aromatic heterocycles. The zero-order valence-electron chi connectivity index (χ0n) is 10.1. The molecule has 0 aromatic rings. The minimum atomic E-state index is 0.117. The van der Waals surface area contributed by atoms with Crippen molar-refractivity contribution in [2.75, 3.05) is 0 Å². The van der Waals surface area contributed by atoms with E-state index < -0.39 is 0 Å². The van der Waals surface area contributed by atoms with Crippen LogP contribution in [-0.4, -0.2) is 16.8 Å². The van der Waals surface area contributed by atoms with Crippen molar-refractivity contribution in [2.45, 2.75) is 75.6 Å². The van der Waals surface area contributed by atoms with Crippen molar-refractivity contribution in [3.05, 3.63) is 0 Å². The van der Waals surface area contributed by atoms with Crippen LogP contribution >= 0.6 is 24.1 Å². The van der Waals surface area contributed by atoms with Crippen LogP contribution in [0.4, 0.5) is 0 Å². The maximum Gasteiger partial charge on any atom is 0.429 e. The van der Waals surface area contributed by atoms with Gasteiger partial charge in [0.1, 0.15) is 0 Å². The summed E-state index contributed by atoms with van der Waals surface area (Å²) in [6.07, 6.45) is 14.1. The van der Waals surface area contributed by atoms with Gasteiger partial charge in [0.15, 0.2) is 0 Å². The maximum atomic E-state index is 6.02. The fourth-order valence-corrected chi connectivity index (χ4v) is 4.61. The summed E-state index contributed by atoms with van der Waals surface area (Å²) in [4.78, 5) is 0. The van der Waals surface area contributed by atoms with Crippen LogP contribution in [0, 0.1) is 0 Å². The molecule has 0 spiro atoms. The SMILES string of the molecule is SB(OC1CCCCC1)SC1CCCCC1. The number of rotatable bonds is 4. The summed E-state index contributed by atoms with van der Waals surface area (Å²) in [5.41, 5.74) is 0.117. The van der Waals surface area contributed by atoms with E-state index in [2.05, 4.69) is 12.5 Å². The van der Waals surface area contributed by atoms with Crippen molar-refractivity contribution in [2.24, 2.45) is 0 Å². The Bertz CT molecular complexity index is 171. The molecule has 2 saturated carbocycles. The van der Waals surface area contributed by atoms with Crippen LogP contribution in [0.1, 0.15) is 64.2 Å². The standard InChI is InChI=1S/C12H23BOS2/c15-13(14-11-7-3-1-4-8-11)16-12-9-5-2-6-10-12/h11-12,15H,1-10H2. The van der Waals surface area contributed by atoms with Crippen molar-refractivity contribution in [3.63, 3.8) is 0 Å². The first-order valence-corrected chi connectivity index (χ1v) is 8.29. The van der Waals surface area contributed by atoms with Gasteiger partial charge in [-0.05, 0) is 30.9 Å². The summed E-state index contributed by atoms with van der Waals surface area (Å²) in [6.45, 7) is 0. The largest absolute Gasteiger partial charge is 0.429 e. The van der Waals surface area contributed by atoms with Gasteiger partial charge >= 0.3 is 5.47 Å². The van der Waals surface area contributed by atoms with Crippen molar-refractivity contribution >= 4 is 29.6 Å². The second kappa shape index (κ2) is 7.22. The maximum absolute atomic E-state index is 6.02. The second-order valence-corrected chi connectivity index (χ2v) is 7.28. The summed E-state index contributed by atoms with van der Waals surface area (Å²) in [5.74, 6) is 0. The fraction of sp³-hybridized carbons (Fsp3) is 1.00. The first kappa shape index (κ1) is 13.2. The van der Waals surface area contributed by atoms with Gasteiger partial charge in [0.2, 0.25) is 0 Å². The third kappa shape index (κ3) is 4.54. The van der Waals surface area contributed by atoms with Gasteiger partial charge in [-0.2, -0.15) is 24.1 Å². The minimum absolute atomic E-state index is 0.117. The molecule has 0 bridgehead atoms. The molecule has 16 heavy (non-hydrogen) atoms. The van der Waals surface area contributed by atoms with E-state index in [0.717, 1.165) is 5.25 Å². The normalized spacial score (nSPS) is 24.6. The Kier molecular flexibility index (Phi) is 5.94. The van der Waals surface area contributed by atoms with Gasteiger partial charge in [-0.15, -0.1) is 0 Å². The summed E-state index contributed by atoms with van der Waals surface area (Å²) < 4.78 is 6.02. The lowest BCUT2D eigenvalue weighted by atomic mass is 9.97. The third-order valence-electron chi connectivity index (χ3n) is 3.72. The van der Waals surface area contributed by atoms with Gasteiger partial charge in [0.25, 0.3) is 0 Å². The average Bonchev–Trinajstić information content (AvgIpc) is 2.31. The summed E-state index contributed by atoms with van der Waals surface area (Å²) in [6, 6.07) is 0. The highest BCUT2D eigenvalue weighted by Gasteiger charge is 2.24. The molecule has 92 valence electrons. The van der Waals surface area contributed by atoms with Gasteiger partial charge in [-0.1, -0.05) is 38.5 Å². The van der Waals surface area contributed by atoms with Crippen LogP contribution < -0.4 is 0 Å². The molecule has 2 rings (SSSR count). The molecular weight excluding hydrogens is 235 g/mol. The minimum Gasteiger partial charge on any atom is -0.414 e. The zero-order valence-corrected chi connectivity index (χ0v) is 11.8. The Morgan fingerprint density at radius 2 is 1.44 bits per heavy atom. The molecule has 1 nitrogen and oxygen atoms in total. The van der Waals surface area contributed by atoms with E-state index in [1.165, 1.54) is 64.2 Å². The Balaban J connectivity index is 1.64. The molecule has 0 amide bonds. The number of hydrogen-bond acceptors (Lipinski definition) is 3. The van der Waals surface area contributed by atoms with E-state index in [1.54, 1.807) is 0 Å². The van der Waals surface area contributed by atoms with Gasteiger partial charge in [0.05, 0.1) is 0 Å². The molecule has 0 unspecified atom stereocenters. The predicted molar refractivity (Wildman–Crippen MR) is 77.2 cm³/mol. The van der Waals surface area contributed by atoms with Crippen LogP contribution in [0.25, 0.3) is 0 Å². The van der Waals surface area contributed by atoms with E-state index in [-0.39, 0.29) is 5.47 Å². The van der Waals surface area contributed by atoms with Gasteiger partial charge in [-0.3, -0.25) is 0 Å². The molecule has 0 saturated heterocycles. The van der Waals surface area contributed by atoms with Crippen LogP contribution in [0.3, 0.4) is 0 Å². The molecule has 0 aromatic carbocycles. The molecule has 0 atom stereocenters. The quantitative estimate of drug-likeness (QED) is 0.594. The molecule has 2 fully saturated rings.